The number of ether oxygens (including phenoxy) is 9. The third-order valence-electron chi connectivity index (χ3n) is 9.64. The van der Waals surface area contributed by atoms with Gasteiger partial charge in [0.05, 0.1) is 78.8 Å². The van der Waals surface area contributed by atoms with Gasteiger partial charge in [0.1, 0.15) is 24.6 Å². The number of hydrogen-bond donors (Lipinski definition) is 2. The monoisotopic (exact) mass is 889 g/mol. The summed E-state index contributed by atoms with van der Waals surface area (Å²) in [6.07, 6.45) is 3.52. The van der Waals surface area contributed by atoms with Crippen molar-refractivity contribution in [1.82, 2.24) is 25.2 Å². The number of nitrogens with zero attached hydrogens (tertiary/aromatic N) is 5. The minimum atomic E-state index is -0.545. The van der Waals surface area contributed by atoms with E-state index in [-0.39, 0.29) is 25.3 Å². The largest absolute Gasteiger partial charge is 0.493 e. The Hall–Kier alpha value is -5.95. The van der Waals surface area contributed by atoms with Gasteiger partial charge in [0, 0.05) is 62.0 Å². The molecule has 1 fully saturated rings. The number of rotatable bonds is 25. The summed E-state index contributed by atoms with van der Waals surface area (Å²) in [6.45, 7) is 13.5. The van der Waals surface area contributed by atoms with Crippen molar-refractivity contribution >= 4 is 29.6 Å². The highest BCUT2D eigenvalue weighted by molar-refractivity contribution is 5.70. The fraction of sp³-hybridized carbons (Fsp3) is 0.500. The molecular formula is C46H63N7O11. The number of carbonyl (C=O) groups excluding carboxylic acids is 2. The van der Waals surface area contributed by atoms with Crippen LogP contribution in [0.5, 0.6) is 17.2 Å². The van der Waals surface area contributed by atoms with Crippen LogP contribution in [-0.2, 0) is 35.0 Å². The van der Waals surface area contributed by atoms with Crippen LogP contribution in [0.4, 0.5) is 27.0 Å². The average molecular weight is 890 g/mol. The number of aromatic nitrogens is 3. The molecule has 1 saturated heterocycles. The Kier molecular flexibility index (Phi) is 19.9. The van der Waals surface area contributed by atoms with E-state index in [4.69, 9.17) is 52.6 Å². The summed E-state index contributed by atoms with van der Waals surface area (Å²) in [6, 6.07) is 18.9. The third-order valence-corrected chi connectivity index (χ3v) is 9.64. The van der Waals surface area contributed by atoms with Crippen molar-refractivity contribution in [2.24, 2.45) is 0 Å². The normalized spacial score (nSPS) is 13.9. The number of amides is 2. The lowest BCUT2D eigenvalue weighted by Crippen LogP contribution is -2.56. The van der Waals surface area contributed by atoms with Gasteiger partial charge in [-0.1, -0.05) is 37.3 Å². The third kappa shape index (κ3) is 16.3. The molecule has 4 aromatic rings. The Balaban J connectivity index is 0.977. The van der Waals surface area contributed by atoms with Crippen molar-refractivity contribution in [3.05, 3.63) is 78.6 Å². The van der Waals surface area contributed by atoms with Crippen molar-refractivity contribution in [1.29, 1.82) is 0 Å². The number of methoxy groups -OCH3 is 2. The molecule has 5 rings (SSSR count). The van der Waals surface area contributed by atoms with Crippen molar-refractivity contribution in [3.8, 4) is 28.5 Å². The zero-order chi connectivity index (χ0) is 45.6. The first-order valence-electron chi connectivity index (χ1n) is 21.5. The van der Waals surface area contributed by atoms with E-state index in [1.165, 1.54) is 0 Å². The molecule has 0 unspecified atom stereocenters. The maximum absolute atomic E-state index is 12.8. The van der Waals surface area contributed by atoms with Gasteiger partial charge in [0.15, 0.2) is 11.5 Å². The van der Waals surface area contributed by atoms with Crippen LogP contribution in [0.1, 0.15) is 39.7 Å². The van der Waals surface area contributed by atoms with Gasteiger partial charge in [-0.05, 0) is 51.0 Å². The van der Waals surface area contributed by atoms with Gasteiger partial charge >= 0.3 is 12.2 Å². The van der Waals surface area contributed by atoms with E-state index in [1.807, 2.05) is 74.2 Å². The molecule has 2 amide bonds. The molecule has 2 aromatic carbocycles. The van der Waals surface area contributed by atoms with Crippen LogP contribution < -0.4 is 29.7 Å². The van der Waals surface area contributed by atoms with Crippen molar-refractivity contribution in [3.63, 3.8) is 0 Å². The van der Waals surface area contributed by atoms with E-state index in [9.17, 15) is 9.59 Å². The van der Waals surface area contributed by atoms with Crippen LogP contribution in [0, 0.1) is 0 Å². The summed E-state index contributed by atoms with van der Waals surface area (Å²) >= 11 is 0. The second kappa shape index (κ2) is 26.0. The molecule has 0 saturated carbocycles. The minimum absolute atomic E-state index is 0.0199. The number of benzene rings is 2. The number of nitrogens with one attached hydrogen (secondary N) is 2. The van der Waals surface area contributed by atoms with Crippen LogP contribution in [0.15, 0.2) is 73.1 Å². The van der Waals surface area contributed by atoms with Gasteiger partial charge in [-0.2, -0.15) is 0 Å². The molecule has 18 heteroatoms. The van der Waals surface area contributed by atoms with E-state index in [2.05, 4.69) is 27.4 Å². The fourth-order valence-electron chi connectivity index (χ4n) is 6.49. The van der Waals surface area contributed by atoms with Gasteiger partial charge in [-0.25, -0.2) is 24.5 Å². The molecule has 1 atom stereocenters. The Morgan fingerprint density at radius 2 is 1.48 bits per heavy atom. The molecule has 3 heterocycles. The first-order valence-corrected chi connectivity index (χ1v) is 21.5. The highest BCUT2D eigenvalue weighted by Gasteiger charge is 2.33. The highest BCUT2D eigenvalue weighted by Crippen LogP contribution is 2.41. The number of piperazine rings is 1. The SMILES string of the molecule is CC[C@H]1CN(c2ccc(-c3ccnc(Nc4cc(OC)c(OC)c(OCCOCCOCCOCCOCCNC(=O)OCc5ccccc5)c4)n3)cn2)CCN1C(=O)OC(C)(C)C. The van der Waals surface area contributed by atoms with Gasteiger partial charge < -0.3 is 63.1 Å². The molecule has 64 heavy (non-hydrogen) atoms. The quantitative estimate of drug-likeness (QED) is 0.0686. The van der Waals surface area contributed by atoms with E-state index in [1.54, 1.807) is 38.7 Å². The van der Waals surface area contributed by atoms with Gasteiger partial charge in [-0.3, -0.25) is 0 Å². The Labute approximate surface area is 375 Å². The van der Waals surface area contributed by atoms with Gasteiger partial charge in [0.25, 0.3) is 0 Å². The van der Waals surface area contributed by atoms with Gasteiger partial charge in [-0.15, -0.1) is 0 Å². The van der Waals surface area contributed by atoms with E-state index in [0.29, 0.717) is 114 Å². The number of hydrogen-bond acceptors (Lipinski definition) is 16. The van der Waals surface area contributed by atoms with E-state index < -0.39 is 11.7 Å². The Bertz CT molecular complexity index is 2000. The molecule has 18 nitrogen and oxygen atoms in total. The summed E-state index contributed by atoms with van der Waals surface area (Å²) in [5, 5.41) is 5.91. The lowest BCUT2D eigenvalue weighted by Gasteiger charge is -2.41. The molecule has 0 aliphatic carbocycles. The molecule has 2 N–H and O–H groups in total. The topological polar surface area (TPSA) is 186 Å². The Morgan fingerprint density at radius 3 is 2.12 bits per heavy atom. The highest BCUT2D eigenvalue weighted by atomic mass is 16.6. The number of anilines is 3. The van der Waals surface area contributed by atoms with Crippen LogP contribution in [0.3, 0.4) is 0 Å². The molecule has 2 aromatic heterocycles. The second-order valence-electron chi connectivity index (χ2n) is 15.5. The summed E-state index contributed by atoms with van der Waals surface area (Å²) in [7, 11) is 3.10. The number of alkyl carbamates (subject to hydrolysis) is 1. The van der Waals surface area contributed by atoms with Crippen molar-refractivity contribution in [2.45, 2.75) is 52.4 Å². The van der Waals surface area contributed by atoms with E-state index >= 15 is 0 Å². The molecule has 0 spiro atoms. The fourth-order valence-corrected chi connectivity index (χ4v) is 6.49. The molecule has 1 aliphatic heterocycles. The maximum atomic E-state index is 12.8. The predicted molar refractivity (Wildman–Crippen MR) is 241 cm³/mol. The summed E-state index contributed by atoms with van der Waals surface area (Å²) in [4.78, 5) is 42.6. The zero-order valence-corrected chi connectivity index (χ0v) is 37.8. The van der Waals surface area contributed by atoms with E-state index in [0.717, 1.165) is 23.4 Å². The zero-order valence-electron chi connectivity index (χ0n) is 37.8. The summed E-state index contributed by atoms with van der Waals surface area (Å²) in [5.74, 6) is 2.56. The van der Waals surface area contributed by atoms with Crippen LogP contribution in [-0.4, -0.2) is 144 Å². The van der Waals surface area contributed by atoms with Crippen molar-refractivity contribution in [2.75, 3.05) is 110 Å². The minimum Gasteiger partial charge on any atom is -0.493 e. The molecular weight excluding hydrogens is 827 g/mol. The standard InChI is InChI=1S/C46H63N7O11/c1-7-37-32-52(18-19-53(37)45(55)64-46(2,3)4)41-14-13-35(31-49-41)38-15-16-47-43(51-38)50-36-29-39(56-5)42(57-6)40(30-36)62-28-27-61-26-25-60-24-23-59-22-21-58-20-17-48-44(54)63-33-34-11-9-8-10-12-34/h8-16,29-31,37H,7,17-28,32-33H2,1-6H3,(H,48,54)(H,47,50,51)/t37-/m0/s1. The average Bonchev–Trinajstić information content (AvgIpc) is 3.30. The Morgan fingerprint density at radius 1 is 0.797 bits per heavy atom. The first-order chi connectivity index (χ1) is 31.1. The molecule has 348 valence electrons. The lowest BCUT2D eigenvalue weighted by molar-refractivity contribution is -0.00435. The summed E-state index contributed by atoms with van der Waals surface area (Å²) in [5.41, 5.74) is 2.53. The molecule has 0 bridgehead atoms. The van der Waals surface area contributed by atoms with Crippen molar-refractivity contribution < 1.29 is 52.2 Å². The van der Waals surface area contributed by atoms with Crippen LogP contribution >= 0.6 is 0 Å². The molecule has 0 radical (unpaired) electrons. The lowest BCUT2D eigenvalue weighted by atomic mass is 10.1. The number of pyridine rings is 1. The maximum Gasteiger partial charge on any atom is 0.410 e. The molecule has 1 aliphatic rings. The van der Waals surface area contributed by atoms with Crippen LogP contribution in [0.2, 0.25) is 0 Å². The smallest absolute Gasteiger partial charge is 0.410 e. The van der Waals surface area contributed by atoms with Gasteiger partial charge in [0.2, 0.25) is 11.7 Å². The number of carbonyl (C=O) groups is 2. The second-order valence-corrected chi connectivity index (χ2v) is 15.5. The predicted octanol–water partition coefficient (Wildman–Crippen LogP) is 6.51. The van der Waals surface area contributed by atoms with Crippen LogP contribution in [0.25, 0.3) is 11.3 Å². The summed E-state index contributed by atoms with van der Waals surface area (Å²) < 4.78 is 50.4. The first kappa shape index (κ1) is 49.1.